The van der Waals surface area contributed by atoms with Crippen LogP contribution in [0.15, 0.2) is 22.6 Å². The molecule has 21 heavy (non-hydrogen) atoms. The number of nitrogens with two attached hydrogens (primary N) is 1. The molecular weight excluding hydrogens is 266 g/mol. The summed E-state index contributed by atoms with van der Waals surface area (Å²) in [6.07, 6.45) is 5.10. The SMILES string of the molecule is Cc1nc2cc(NC(=O)C3(CN)CCCCC3)ccc2o1. The summed E-state index contributed by atoms with van der Waals surface area (Å²) in [7, 11) is 0. The van der Waals surface area contributed by atoms with E-state index in [1.165, 1.54) is 6.42 Å². The average molecular weight is 287 g/mol. The molecule has 112 valence electrons. The van der Waals surface area contributed by atoms with Crippen molar-refractivity contribution in [1.82, 2.24) is 4.98 Å². The Morgan fingerprint density at radius 3 is 2.86 bits per heavy atom. The first kappa shape index (κ1) is 14.1. The molecule has 0 bridgehead atoms. The average Bonchev–Trinajstić information content (AvgIpc) is 2.87. The van der Waals surface area contributed by atoms with Gasteiger partial charge in [-0.1, -0.05) is 19.3 Å². The fourth-order valence-corrected chi connectivity index (χ4v) is 3.14. The fourth-order valence-electron chi connectivity index (χ4n) is 3.14. The highest BCUT2D eigenvalue weighted by molar-refractivity contribution is 5.97. The lowest BCUT2D eigenvalue weighted by molar-refractivity contribution is -0.126. The third-order valence-corrected chi connectivity index (χ3v) is 4.44. The molecule has 0 unspecified atom stereocenters. The number of oxazole rings is 1. The maximum absolute atomic E-state index is 12.6. The van der Waals surface area contributed by atoms with Crippen molar-refractivity contribution in [3.63, 3.8) is 0 Å². The molecule has 5 nitrogen and oxygen atoms in total. The maximum atomic E-state index is 12.6. The highest BCUT2D eigenvalue weighted by atomic mass is 16.3. The highest BCUT2D eigenvalue weighted by Gasteiger charge is 2.38. The number of nitrogens with zero attached hydrogens (tertiary/aromatic N) is 1. The summed E-state index contributed by atoms with van der Waals surface area (Å²) >= 11 is 0. The fraction of sp³-hybridized carbons (Fsp3) is 0.500. The third kappa shape index (κ3) is 2.65. The molecule has 1 aliphatic carbocycles. The zero-order chi connectivity index (χ0) is 14.9. The number of hydrogen-bond acceptors (Lipinski definition) is 4. The summed E-state index contributed by atoms with van der Waals surface area (Å²) < 4.78 is 5.44. The third-order valence-electron chi connectivity index (χ3n) is 4.44. The number of aromatic nitrogens is 1. The van der Waals surface area contributed by atoms with Gasteiger partial charge in [0, 0.05) is 19.2 Å². The summed E-state index contributed by atoms with van der Waals surface area (Å²) in [4.78, 5) is 16.9. The minimum absolute atomic E-state index is 0.0317. The molecule has 0 atom stereocenters. The first-order valence-corrected chi connectivity index (χ1v) is 7.52. The second-order valence-corrected chi connectivity index (χ2v) is 5.91. The molecule has 5 heteroatoms. The van der Waals surface area contributed by atoms with Crippen molar-refractivity contribution in [2.75, 3.05) is 11.9 Å². The molecule has 0 aliphatic heterocycles. The Balaban J connectivity index is 1.81. The predicted octanol–water partition coefficient (Wildman–Crippen LogP) is 2.98. The number of anilines is 1. The van der Waals surface area contributed by atoms with E-state index in [0.717, 1.165) is 42.5 Å². The monoisotopic (exact) mass is 287 g/mol. The zero-order valence-corrected chi connectivity index (χ0v) is 12.3. The van der Waals surface area contributed by atoms with Gasteiger partial charge in [0.15, 0.2) is 11.5 Å². The van der Waals surface area contributed by atoms with E-state index < -0.39 is 5.41 Å². The Morgan fingerprint density at radius 2 is 2.14 bits per heavy atom. The van der Waals surface area contributed by atoms with Crippen LogP contribution in [0.25, 0.3) is 11.1 Å². The second kappa shape index (κ2) is 5.48. The van der Waals surface area contributed by atoms with Gasteiger partial charge in [-0.05, 0) is 31.0 Å². The van der Waals surface area contributed by atoms with E-state index in [2.05, 4.69) is 10.3 Å². The highest BCUT2D eigenvalue weighted by Crippen LogP contribution is 2.36. The topological polar surface area (TPSA) is 81.2 Å². The van der Waals surface area contributed by atoms with Crippen molar-refractivity contribution >= 4 is 22.7 Å². The minimum atomic E-state index is -0.410. The summed E-state index contributed by atoms with van der Waals surface area (Å²) in [5.41, 5.74) is 7.73. The molecule has 3 rings (SSSR count). The molecule has 3 N–H and O–H groups in total. The molecule has 1 aromatic heterocycles. The molecule has 1 fully saturated rings. The largest absolute Gasteiger partial charge is 0.441 e. The van der Waals surface area contributed by atoms with Gasteiger partial charge in [0.25, 0.3) is 0 Å². The smallest absolute Gasteiger partial charge is 0.231 e. The quantitative estimate of drug-likeness (QED) is 0.909. The van der Waals surface area contributed by atoms with Crippen molar-refractivity contribution in [2.45, 2.75) is 39.0 Å². The Bertz CT molecular complexity index is 657. The first-order valence-electron chi connectivity index (χ1n) is 7.52. The number of nitrogens with one attached hydrogen (secondary N) is 1. The molecule has 0 radical (unpaired) electrons. The molecular formula is C16H21N3O2. The standard InChI is InChI=1S/C16H21N3O2/c1-11-18-13-9-12(5-6-14(13)21-11)19-15(20)16(10-17)7-3-2-4-8-16/h5-6,9H,2-4,7-8,10,17H2,1H3,(H,19,20). The maximum Gasteiger partial charge on any atom is 0.231 e. The van der Waals surface area contributed by atoms with Gasteiger partial charge in [-0.15, -0.1) is 0 Å². The van der Waals surface area contributed by atoms with Crippen LogP contribution in [0.2, 0.25) is 0 Å². The van der Waals surface area contributed by atoms with Crippen LogP contribution in [0.3, 0.4) is 0 Å². The van der Waals surface area contributed by atoms with Gasteiger partial charge in [-0.2, -0.15) is 0 Å². The Kier molecular flexibility index (Phi) is 3.68. The van der Waals surface area contributed by atoms with Crippen LogP contribution >= 0.6 is 0 Å². The van der Waals surface area contributed by atoms with Crippen LogP contribution in [-0.2, 0) is 4.79 Å². The number of hydrogen-bond donors (Lipinski definition) is 2. The van der Waals surface area contributed by atoms with Crippen molar-refractivity contribution in [2.24, 2.45) is 11.1 Å². The first-order chi connectivity index (χ1) is 10.1. The predicted molar refractivity (Wildman–Crippen MR) is 81.9 cm³/mol. The van der Waals surface area contributed by atoms with Gasteiger partial charge < -0.3 is 15.5 Å². The van der Waals surface area contributed by atoms with Crippen LogP contribution in [-0.4, -0.2) is 17.4 Å². The van der Waals surface area contributed by atoms with Gasteiger partial charge in [0.05, 0.1) is 5.41 Å². The number of aryl methyl sites for hydroxylation is 1. The Hall–Kier alpha value is -1.88. The lowest BCUT2D eigenvalue weighted by Gasteiger charge is -2.34. The van der Waals surface area contributed by atoms with E-state index >= 15 is 0 Å². The van der Waals surface area contributed by atoms with E-state index in [9.17, 15) is 4.79 Å². The minimum Gasteiger partial charge on any atom is -0.441 e. The Labute approximate surface area is 123 Å². The van der Waals surface area contributed by atoms with Crippen LogP contribution in [0, 0.1) is 12.3 Å². The molecule has 2 aromatic rings. The lowest BCUT2D eigenvalue weighted by atomic mass is 9.73. The van der Waals surface area contributed by atoms with Gasteiger partial charge in [0.1, 0.15) is 5.52 Å². The molecule has 0 saturated heterocycles. The van der Waals surface area contributed by atoms with E-state index in [-0.39, 0.29) is 5.91 Å². The number of rotatable bonds is 3. The van der Waals surface area contributed by atoms with Crippen molar-refractivity contribution < 1.29 is 9.21 Å². The zero-order valence-electron chi connectivity index (χ0n) is 12.3. The molecule has 1 amide bonds. The molecule has 0 spiro atoms. The van der Waals surface area contributed by atoms with E-state index in [0.29, 0.717) is 12.4 Å². The van der Waals surface area contributed by atoms with Gasteiger partial charge in [0.2, 0.25) is 5.91 Å². The van der Waals surface area contributed by atoms with Gasteiger partial charge >= 0.3 is 0 Å². The number of benzene rings is 1. The number of fused-ring (bicyclic) bond motifs is 1. The molecule has 1 aromatic carbocycles. The molecule has 1 aliphatic rings. The summed E-state index contributed by atoms with van der Waals surface area (Å²) in [5.74, 6) is 0.656. The second-order valence-electron chi connectivity index (χ2n) is 5.91. The summed E-state index contributed by atoms with van der Waals surface area (Å²) in [6, 6.07) is 5.52. The number of carbonyl (C=O) groups is 1. The van der Waals surface area contributed by atoms with Crippen LogP contribution in [0.1, 0.15) is 38.0 Å². The van der Waals surface area contributed by atoms with Crippen molar-refractivity contribution in [3.8, 4) is 0 Å². The number of carbonyl (C=O) groups excluding carboxylic acids is 1. The van der Waals surface area contributed by atoms with Gasteiger partial charge in [-0.25, -0.2) is 4.98 Å². The van der Waals surface area contributed by atoms with Crippen LogP contribution < -0.4 is 11.1 Å². The summed E-state index contributed by atoms with van der Waals surface area (Å²) in [6.45, 7) is 2.22. The van der Waals surface area contributed by atoms with E-state index in [1.54, 1.807) is 0 Å². The van der Waals surface area contributed by atoms with Crippen molar-refractivity contribution in [1.29, 1.82) is 0 Å². The molecule has 1 saturated carbocycles. The van der Waals surface area contributed by atoms with Crippen molar-refractivity contribution in [3.05, 3.63) is 24.1 Å². The van der Waals surface area contributed by atoms with Crippen LogP contribution in [0.4, 0.5) is 5.69 Å². The lowest BCUT2D eigenvalue weighted by Crippen LogP contribution is -2.43. The van der Waals surface area contributed by atoms with E-state index in [1.807, 2.05) is 25.1 Å². The summed E-state index contributed by atoms with van der Waals surface area (Å²) in [5, 5.41) is 3.00. The van der Waals surface area contributed by atoms with E-state index in [4.69, 9.17) is 10.2 Å². The normalized spacial score (nSPS) is 17.8. The molecule has 1 heterocycles. The van der Waals surface area contributed by atoms with Gasteiger partial charge in [-0.3, -0.25) is 4.79 Å². The Morgan fingerprint density at radius 1 is 1.38 bits per heavy atom. The number of amides is 1. The van der Waals surface area contributed by atoms with Crippen LogP contribution in [0.5, 0.6) is 0 Å².